The van der Waals surface area contributed by atoms with Crippen molar-refractivity contribution >= 4 is 43.6 Å². The molecule has 1 aromatic heterocycles. The third kappa shape index (κ3) is 7.12. The number of hydrogen-bond acceptors (Lipinski definition) is 14. The summed E-state index contributed by atoms with van der Waals surface area (Å²) in [6.45, 7) is 2.06. The van der Waals surface area contributed by atoms with Crippen LogP contribution in [0.3, 0.4) is 0 Å². The number of benzene rings is 2. The molecule has 15 nitrogen and oxygen atoms in total. The van der Waals surface area contributed by atoms with Gasteiger partial charge in [-0.25, -0.2) is 16.8 Å². The standard InChI is InChI=1S/C25H35N11O4S2/c26-16-10-17(27)13-35(12-16)24-31-23(32-25(33-24)36-14-18(28)11-19(29)15-36)30-20-6-8-22(9-7-20)42(39,40)34-41(37,38)21-4-2-1-3-5-21/h1-9,16-19,34H,10-15,26-29H2,(H,30,31,32,33). The van der Waals surface area contributed by atoms with Gasteiger partial charge in [-0.05, 0) is 49.2 Å². The zero-order valence-corrected chi connectivity index (χ0v) is 24.4. The number of anilines is 4. The minimum atomic E-state index is -4.39. The summed E-state index contributed by atoms with van der Waals surface area (Å²) in [7, 11) is -8.68. The first-order valence-corrected chi connectivity index (χ1v) is 16.3. The second-order valence-corrected chi connectivity index (χ2v) is 14.3. The third-order valence-electron chi connectivity index (χ3n) is 6.90. The topological polar surface area (TPSA) is 242 Å². The van der Waals surface area contributed by atoms with Gasteiger partial charge in [0.2, 0.25) is 17.8 Å². The molecule has 3 aromatic rings. The van der Waals surface area contributed by atoms with Crippen molar-refractivity contribution in [2.45, 2.75) is 46.8 Å². The molecule has 226 valence electrons. The monoisotopic (exact) mass is 617 g/mol. The molecule has 4 unspecified atom stereocenters. The predicted molar refractivity (Wildman–Crippen MR) is 159 cm³/mol. The van der Waals surface area contributed by atoms with Gasteiger partial charge in [0.15, 0.2) is 0 Å². The molecule has 2 aliphatic rings. The van der Waals surface area contributed by atoms with E-state index < -0.39 is 20.0 Å². The molecular weight excluding hydrogens is 582 g/mol. The van der Waals surface area contributed by atoms with Gasteiger partial charge in [0.05, 0.1) is 9.79 Å². The van der Waals surface area contributed by atoms with E-state index in [4.69, 9.17) is 22.9 Å². The van der Waals surface area contributed by atoms with Crippen LogP contribution < -0.4 is 42.2 Å². The number of rotatable bonds is 8. The molecule has 42 heavy (non-hydrogen) atoms. The van der Waals surface area contributed by atoms with Crippen LogP contribution in [0.15, 0.2) is 64.4 Å². The molecule has 0 aliphatic carbocycles. The minimum Gasteiger partial charge on any atom is -0.338 e. The molecule has 5 rings (SSSR count). The maximum Gasteiger partial charge on any atom is 0.253 e. The molecule has 3 heterocycles. The van der Waals surface area contributed by atoms with Crippen LogP contribution in [0.2, 0.25) is 0 Å². The lowest BCUT2D eigenvalue weighted by Gasteiger charge is -2.37. The zero-order valence-electron chi connectivity index (χ0n) is 22.7. The minimum absolute atomic E-state index is 0.143. The van der Waals surface area contributed by atoms with Crippen LogP contribution in [0.25, 0.3) is 0 Å². The number of sulfonamides is 2. The second kappa shape index (κ2) is 12.0. The maximum absolute atomic E-state index is 12.8. The van der Waals surface area contributed by atoms with Gasteiger partial charge in [-0.3, -0.25) is 0 Å². The highest BCUT2D eigenvalue weighted by Crippen LogP contribution is 2.25. The summed E-state index contributed by atoms with van der Waals surface area (Å²) in [6.07, 6.45) is 1.37. The molecule has 2 aliphatic heterocycles. The van der Waals surface area contributed by atoms with E-state index in [1.807, 2.05) is 9.80 Å². The Morgan fingerprint density at radius 2 is 1.05 bits per heavy atom. The van der Waals surface area contributed by atoms with Gasteiger partial charge >= 0.3 is 0 Å². The Morgan fingerprint density at radius 1 is 0.619 bits per heavy atom. The van der Waals surface area contributed by atoms with Crippen LogP contribution in [0, 0.1) is 0 Å². The number of nitrogens with one attached hydrogen (secondary N) is 2. The summed E-state index contributed by atoms with van der Waals surface area (Å²) >= 11 is 0. The molecular formula is C25H35N11O4S2. The van der Waals surface area contributed by atoms with E-state index in [1.165, 1.54) is 48.5 Å². The molecule has 2 saturated heterocycles. The Morgan fingerprint density at radius 3 is 1.50 bits per heavy atom. The fourth-order valence-corrected chi connectivity index (χ4v) is 8.00. The van der Waals surface area contributed by atoms with E-state index in [-0.39, 0.29) is 39.9 Å². The smallest absolute Gasteiger partial charge is 0.253 e. The summed E-state index contributed by atoms with van der Waals surface area (Å²) in [6, 6.07) is 12.2. The van der Waals surface area contributed by atoms with Crippen molar-refractivity contribution in [3.63, 3.8) is 0 Å². The molecule has 0 amide bonds. The van der Waals surface area contributed by atoms with Gasteiger partial charge in [-0.15, -0.1) is 4.13 Å². The zero-order chi connectivity index (χ0) is 30.1. The highest BCUT2D eigenvalue weighted by Gasteiger charge is 2.29. The number of piperidine rings is 2. The van der Waals surface area contributed by atoms with Crippen LogP contribution in [0.1, 0.15) is 12.8 Å². The summed E-state index contributed by atoms with van der Waals surface area (Å²) in [5, 5.41) is 3.09. The second-order valence-electron chi connectivity index (χ2n) is 10.6. The summed E-state index contributed by atoms with van der Waals surface area (Å²) in [4.78, 5) is 17.3. The summed E-state index contributed by atoms with van der Waals surface area (Å²) in [5.41, 5.74) is 25.3. The number of nitrogens with two attached hydrogens (primary N) is 4. The molecule has 0 spiro atoms. The number of nitrogens with zero attached hydrogens (tertiary/aromatic N) is 5. The van der Waals surface area contributed by atoms with Crippen LogP contribution >= 0.6 is 0 Å². The average molecular weight is 618 g/mol. The Hall–Kier alpha value is -3.45. The van der Waals surface area contributed by atoms with Crippen molar-refractivity contribution in [3.8, 4) is 0 Å². The molecule has 0 bridgehead atoms. The van der Waals surface area contributed by atoms with E-state index in [2.05, 4.69) is 20.3 Å². The highest BCUT2D eigenvalue weighted by atomic mass is 32.3. The van der Waals surface area contributed by atoms with E-state index in [9.17, 15) is 16.8 Å². The third-order valence-corrected chi connectivity index (χ3v) is 10.4. The lowest BCUT2D eigenvalue weighted by molar-refractivity contribution is 0.441. The van der Waals surface area contributed by atoms with Crippen molar-refractivity contribution in [1.82, 2.24) is 19.1 Å². The SMILES string of the molecule is NC1CC(N)CN(c2nc(Nc3ccc(S(=O)(=O)NS(=O)(=O)c4ccccc4)cc3)nc(N3CC(N)CC(N)C3)n2)C1. The average Bonchev–Trinajstić information content (AvgIpc) is 2.92. The van der Waals surface area contributed by atoms with Crippen LogP contribution in [-0.4, -0.2) is 82.1 Å². The molecule has 4 atom stereocenters. The van der Waals surface area contributed by atoms with E-state index in [0.29, 0.717) is 56.6 Å². The van der Waals surface area contributed by atoms with Crippen LogP contribution in [0.5, 0.6) is 0 Å². The van der Waals surface area contributed by atoms with Crippen molar-refractivity contribution in [2.75, 3.05) is 41.3 Å². The quantitative estimate of drug-likeness (QED) is 0.178. The van der Waals surface area contributed by atoms with E-state index >= 15 is 0 Å². The number of aromatic nitrogens is 3. The van der Waals surface area contributed by atoms with Crippen molar-refractivity contribution in [1.29, 1.82) is 0 Å². The fraction of sp³-hybridized carbons (Fsp3) is 0.400. The maximum atomic E-state index is 12.8. The summed E-state index contributed by atoms with van der Waals surface area (Å²) < 4.78 is 52.6. The van der Waals surface area contributed by atoms with Gasteiger partial charge in [-0.2, -0.15) is 15.0 Å². The largest absolute Gasteiger partial charge is 0.338 e. The first kappa shape index (κ1) is 30.0. The van der Waals surface area contributed by atoms with Gasteiger partial charge in [0.25, 0.3) is 20.0 Å². The Kier molecular flexibility index (Phi) is 8.61. The Balaban J connectivity index is 1.39. The summed E-state index contributed by atoms with van der Waals surface area (Å²) in [5.74, 6) is 0.974. The highest BCUT2D eigenvalue weighted by molar-refractivity contribution is 8.04. The first-order valence-electron chi connectivity index (χ1n) is 13.4. The molecule has 10 N–H and O–H groups in total. The van der Waals surface area contributed by atoms with Gasteiger partial charge < -0.3 is 38.1 Å². The molecule has 17 heteroatoms. The van der Waals surface area contributed by atoms with Gasteiger partial charge in [0, 0.05) is 56.0 Å². The fourth-order valence-electron chi connectivity index (χ4n) is 5.06. The number of hydrogen-bond donors (Lipinski definition) is 6. The van der Waals surface area contributed by atoms with Crippen molar-refractivity contribution < 1.29 is 16.8 Å². The Labute approximate surface area is 244 Å². The van der Waals surface area contributed by atoms with Crippen molar-refractivity contribution in [2.24, 2.45) is 22.9 Å². The lowest BCUT2D eigenvalue weighted by Crippen LogP contribution is -2.54. The molecule has 2 fully saturated rings. The Bertz CT molecular complexity index is 1540. The van der Waals surface area contributed by atoms with E-state index in [1.54, 1.807) is 10.2 Å². The predicted octanol–water partition coefficient (Wildman–Crippen LogP) is -0.988. The van der Waals surface area contributed by atoms with E-state index in [0.717, 1.165) is 0 Å². The van der Waals surface area contributed by atoms with Crippen LogP contribution in [0.4, 0.5) is 23.5 Å². The normalized spacial score (nSPS) is 23.5. The molecule has 0 saturated carbocycles. The molecule has 0 radical (unpaired) electrons. The lowest BCUT2D eigenvalue weighted by atomic mass is 10.0. The van der Waals surface area contributed by atoms with Crippen LogP contribution in [-0.2, 0) is 20.0 Å². The van der Waals surface area contributed by atoms with Crippen molar-refractivity contribution in [3.05, 3.63) is 54.6 Å². The first-order chi connectivity index (χ1) is 19.9. The molecule has 2 aromatic carbocycles. The van der Waals surface area contributed by atoms with Gasteiger partial charge in [0.1, 0.15) is 0 Å². The van der Waals surface area contributed by atoms with Gasteiger partial charge in [-0.1, -0.05) is 18.2 Å².